The number of hydrogen-bond acceptors (Lipinski definition) is 5. The zero-order chi connectivity index (χ0) is 16.7. The van der Waals surface area contributed by atoms with Gasteiger partial charge in [0.2, 0.25) is 0 Å². The summed E-state index contributed by atoms with van der Waals surface area (Å²) < 4.78 is 0. The molecule has 0 radical (unpaired) electrons. The Morgan fingerprint density at radius 1 is 1.30 bits per heavy atom. The molecular weight excluding hydrogens is 288 g/mol. The second-order valence-corrected chi connectivity index (χ2v) is 6.13. The van der Waals surface area contributed by atoms with Gasteiger partial charge in [-0.3, -0.25) is 9.78 Å². The number of allylic oxidation sites excluding steroid dienone is 1. The van der Waals surface area contributed by atoms with Crippen LogP contribution in [0.3, 0.4) is 0 Å². The van der Waals surface area contributed by atoms with Gasteiger partial charge in [-0.25, -0.2) is 4.98 Å². The monoisotopic (exact) mass is 310 g/mol. The van der Waals surface area contributed by atoms with Gasteiger partial charge in [0.25, 0.3) is 0 Å². The van der Waals surface area contributed by atoms with Crippen molar-refractivity contribution in [2.24, 2.45) is 11.1 Å². The van der Waals surface area contributed by atoms with E-state index in [9.17, 15) is 4.79 Å². The number of benzene rings is 1. The molecule has 23 heavy (non-hydrogen) atoms. The van der Waals surface area contributed by atoms with Gasteiger partial charge in [0.15, 0.2) is 0 Å². The van der Waals surface area contributed by atoms with E-state index < -0.39 is 0 Å². The predicted molar refractivity (Wildman–Crippen MR) is 93.9 cm³/mol. The van der Waals surface area contributed by atoms with Crippen LogP contribution in [0.2, 0.25) is 0 Å². The Balaban J connectivity index is 2.19. The number of anilines is 1. The van der Waals surface area contributed by atoms with Gasteiger partial charge in [0.05, 0.1) is 18.1 Å². The molecule has 3 N–H and O–H groups in total. The van der Waals surface area contributed by atoms with Crippen LogP contribution in [0.15, 0.2) is 42.7 Å². The van der Waals surface area contributed by atoms with Crippen molar-refractivity contribution in [2.75, 3.05) is 18.4 Å². The molecule has 2 aromatic rings. The van der Waals surface area contributed by atoms with Crippen molar-refractivity contribution in [3.63, 3.8) is 0 Å². The fourth-order valence-electron chi connectivity index (χ4n) is 1.94. The molecule has 120 valence electrons. The summed E-state index contributed by atoms with van der Waals surface area (Å²) in [6, 6.07) is 7.80. The van der Waals surface area contributed by atoms with E-state index in [4.69, 9.17) is 5.73 Å². The third-order valence-electron chi connectivity index (χ3n) is 3.48. The summed E-state index contributed by atoms with van der Waals surface area (Å²) in [6.07, 6.45) is 7.41. The minimum Gasteiger partial charge on any atom is -0.368 e. The van der Waals surface area contributed by atoms with Crippen molar-refractivity contribution in [3.05, 3.63) is 48.3 Å². The van der Waals surface area contributed by atoms with Crippen molar-refractivity contribution >= 4 is 18.2 Å². The first-order valence-corrected chi connectivity index (χ1v) is 7.52. The first-order valence-electron chi connectivity index (χ1n) is 7.52. The number of nitrogens with zero attached hydrogens (tertiary/aromatic N) is 2. The molecule has 0 atom stereocenters. The van der Waals surface area contributed by atoms with E-state index in [-0.39, 0.29) is 5.41 Å². The standard InChI is InChI=1S/C18H22N4O/c1-18(2,12-19)13-21-17-11-20-10-16(22-17)15-7-3-5-14(9-15)6-4-8-23/h3-11H,12-13,19H2,1-2H3,(H,21,22)/b6-4+. The number of rotatable bonds is 7. The van der Waals surface area contributed by atoms with Gasteiger partial charge in [0.1, 0.15) is 12.1 Å². The predicted octanol–water partition coefficient (Wildman–Crippen LogP) is 2.75. The van der Waals surface area contributed by atoms with Crippen molar-refractivity contribution in [1.29, 1.82) is 0 Å². The number of hydrogen-bond donors (Lipinski definition) is 2. The largest absolute Gasteiger partial charge is 0.368 e. The van der Waals surface area contributed by atoms with E-state index >= 15 is 0 Å². The number of nitrogens with one attached hydrogen (secondary N) is 1. The smallest absolute Gasteiger partial charge is 0.145 e. The Morgan fingerprint density at radius 3 is 2.87 bits per heavy atom. The fourth-order valence-corrected chi connectivity index (χ4v) is 1.94. The van der Waals surface area contributed by atoms with E-state index in [2.05, 4.69) is 29.1 Å². The summed E-state index contributed by atoms with van der Waals surface area (Å²) in [6.45, 7) is 5.52. The van der Waals surface area contributed by atoms with Crippen molar-refractivity contribution in [3.8, 4) is 11.3 Å². The van der Waals surface area contributed by atoms with Crippen LogP contribution in [0.5, 0.6) is 0 Å². The first-order chi connectivity index (χ1) is 11.0. The maximum Gasteiger partial charge on any atom is 0.145 e. The van der Waals surface area contributed by atoms with Gasteiger partial charge in [-0.15, -0.1) is 0 Å². The third kappa shape index (κ3) is 5.00. The lowest BCUT2D eigenvalue weighted by atomic mass is 9.94. The average Bonchev–Trinajstić information content (AvgIpc) is 2.59. The lowest BCUT2D eigenvalue weighted by Crippen LogP contribution is -2.31. The normalized spacial score (nSPS) is 11.6. The van der Waals surface area contributed by atoms with Crippen LogP contribution in [0.4, 0.5) is 5.82 Å². The summed E-state index contributed by atoms with van der Waals surface area (Å²) in [5.41, 5.74) is 8.41. The Hall–Kier alpha value is -2.53. The van der Waals surface area contributed by atoms with E-state index in [1.165, 1.54) is 6.08 Å². The summed E-state index contributed by atoms with van der Waals surface area (Å²) in [7, 11) is 0. The number of aromatic nitrogens is 2. The molecule has 0 saturated carbocycles. The van der Waals surface area contributed by atoms with Crippen LogP contribution in [0.1, 0.15) is 19.4 Å². The minimum absolute atomic E-state index is 0.00275. The van der Waals surface area contributed by atoms with Crippen molar-refractivity contribution < 1.29 is 4.79 Å². The summed E-state index contributed by atoms with van der Waals surface area (Å²) in [4.78, 5) is 19.3. The van der Waals surface area contributed by atoms with Crippen LogP contribution in [0.25, 0.3) is 17.3 Å². The number of carbonyl (C=O) groups is 1. The molecule has 1 aromatic heterocycles. The molecule has 0 fully saturated rings. The lowest BCUT2D eigenvalue weighted by Gasteiger charge is -2.22. The number of aldehydes is 1. The summed E-state index contributed by atoms with van der Waals surface area (Å²) in [5, 5.41) is 3.28. The molecule has 5 nitrogen and oxygen atoms in total. The van der Waals surface area contributed by atoms with Crippen LogP contribution >= 0.6 is 0 Å². The molecule has 5 heteroatoms. The Morgan fingerprint density at radius 2 is 2.13 bits per heavy atom. The van der Waals surface area contributed by atoms with Gasteiger partial charge in [-0.2, -0.15) is 0 Å². The average molecular weight is 310 g/mol. The number of nitrogens with two attached hydrogens (primary N) is 1. The molecule has 0 aliphatic carbocycles. The molecule has 0 aliphatic heterocycles. The Kier molecular flexibility index (Phi) is 5.60. The second kappa shape index (κ2) is 7.65. The molecule has 2 rings (SSSR count). The highest BCUT2D eigenvalue weighted by atomic mass is 16.1. The number of carbonyl (C=O) groups excluding carboxylic acids is 1. The molecular formula is C18H22N4O. The van der Waals surface area contributed by atoms with Crippen LogP contribution < -0.4 is 11.1 Å². The minimum atomic E-state index is -0.00275. The molecule has 1 aromatic carbocycles. The van der Waals surface area contributed by atoms with Crippen LogP contribution in [-0.4, -0.2) is 29.3 Å². The maximum absolute atomic E-state index is 10.4. The van der Waals surface area contributed by atoms with Crippen LogP contribution in [0, 0.1) is 5.41 Å². The molecule has 0 bridgehead atoms. The highest BCUT2D eigenvalue weighted by Crippen LogP contribution is 2.20. The molecule has 1 heterocycles. The molecule has 0 saturated heterocycles. The zero-order valence-corrected chi connectivity index (χ0v) is 13.5. The maximum atomic E-state index is 10.4. The summed E-state index contributed by atoms with van der Waals surface area (Å²) in [5.74, 6) is 0.720. The highest BCUT2D eigenvalue weighted by Gasteiger charge is 2.15. The Bertz CT molecular complexity index is 695. The Labute approximate surface area is 136 Å². The SMILES string of the molecule is CC(C)(CN)CNc1cncc(-c2cccc(/C=C/C=O)c2)n1. The third-order valence-corrected chi connectivity index (χ3v) is 3.48. The van der Waals surface area contributed by atoms with Gasteiger partial charge >= 0.3 is 0 Å². The molecule has 0 spiro atoms. The van der Waals surface area contributed by atoms with Gasteiger partial charge in [0, 0.05) is 12.1 Å². The van der Waals surface area contributed by atoms with Gasteiger partial charge < -0.3 is 11.1 Å². The second-order valence-electron chi connectivity index (χ2n) is 6.13. The van der Waals surface area contributed by atoms with Crippen molar-refractivity contribution in [2.45, 2.75) is 13.8 Å². The molecule has 0 aliphatic rings. The molecule has 0 unspecified atom stereocenters. The first kappa shape index (κ1) is 16.8. The quantitative estimate of drug-likeness (QED) is 0.607. The topological polar surface area (TPSA) is 80.9 Å². The van der Waals surface area contributed by atoms with E-state index in [1.807, 2.05) is 24.3 Å². The van der Waals surface area contributed by atoms with E-state index in [1.54, 1.807) is 18.5 Å². The zero-order valence-electron chi connectivity index (χ0n) is 13.5. The van der Waals surface area contributed by atoms with Gasteiger partial charge in [-0.1, -0.05) is 38.1 Å². The molecule has 0 amide bonds. The van der Waals surface area contributed by atoms with E-state index in [0.717, 1.165) is 35.5 Å². The van der Waals surface area contributed by atoms with E-state index in [0.29, 0.717) is 6.54 Å². The van der Waals surface area contributed by atoms with Crippen LogP contribution in [-0.2, 0) is 4.79 Å². The van der Waals surface area contributed by atoms with Gasteiger partial charge in [-0.05, 0) is 29.7 Å². The fraction of sp³-hybridized carbons (Fsp3) is 0.278. The lowest BCUT2D eigenvalue weighted by molar-refractivity contribution is -0.104. The highest BCUT2D eigenvalue weighted by molar-refractivity contribution is 5.75. The summed E-state index contributed by atoms with van der Waals surface area (Å²) >= 11 is 0. The van der Waals surface area contributed by atoms with Crippen molar-refractivity contribution in [1.82, 2.24) is 9.97 Å².